The molecule has 0 aliphatic heterocycles. The van der Waals surface area contributed by atoms with Crippen molar-refractivity contribution in [3.05, 3.63) is 66.0 Å². The molecule has 0 heterocycles. The van der Waals surface area contributed by atoms with Crippen LogP contribution in [0.25, 0.3) is 0 Å². The molecule has 22 heavy (non-hydrogen) atoms. The van der Waals surface area contributed by atoms with Gasteiger partial charge in [-0.1, -0.05) is 51.6 Å². The maximum Gasteiger partial charge on any atom is 0.140 e. The number of benzene rings is 1. The Morgan fingerprint density at radius 3 is 2.32 bits per heavy atom. The van der Waals surface area contributed by atoms with Crippen LogP contribution in [0.2, 0.25) is 0 Å². The largest absolute Gasteiger partial charge is 0.366 e. The smallest absolute Gasteiger partial charge is 0.140 e. The lowest BCUT2D eigenvalue weighted by Crippen LogP contribution is -2.19. The summed E-state index contributed by atoms with van der Waals surface area (Å²) in [4.78, 5) is 0. The number of rotatable bonds is 5. The summed E-state index contributed by atoms with van der Waals surface area (Å²) in [5, 5.41) is 12.4. The van der Waals surface area contributed by atoms with Crippen LogP contribution in [0.3, 0.4) is 0 Å². The van der Waals surface area contributed by atoms with Gasteiger partial charge < -0.3 is 5.32 Å². The summed E-state index contributed by atoms with van der Waals surface area (Å²) in [7, 11) is 0. The quantitative estimate of drug-likeness (QED) is 0.751. The second-order valence-electron chi connectivity index (χ2n) is 6.06. The van der Waals surface area contributed by atoms with Gasteiger partial charge in [-0.2, -0.15) is 5.26 Å². The predicted molar refractivity (Wildman–Crippen MR) is 91.3 cm³/mol. The Balaban J connectivity index is 2.98. The van der Waals surface area contributed by atoms with Crippen molar-refractivity contribution < 1.29 is 4.39 Å². The number of halogens is 1. The molecule has 2 nitrogen and oxygen atoms in total. The lowest BCUT2D eigenvalue weighted by atomic mass is 9.87. The molecule has 1 atom stereocenters. The minimum absolute atomic E-state index is 0.0778. The van der Waals surface area contributed by atoms with E-state index in [0.29, 0.717) is 5.57 Å². The Morgan fingerprint density at radius 1 is 1.32 bits per heavy atom. The highest BCUT2D eigenvalue weighted by Crippen LogP contribution is 2.24. The standard InChI is InChI=1S/C19H23FN2/c1-6-14(12-16(20)7-2)18(13-21)22-17-10-8-15(9-11-17)19(3,4)5/h6-12,18,22H,1H2,2-5H3/b14-12+,16-7+. The van der Waals surface area contributed by atoms with Crippen LogP contribution in [0.5, 0.6) is 0 Å². The Hall–Kier alpha value is -2.34. The van der Waals surface area contributed by atoms with Gasteiger partial charge in [0.2, 0.25) is 0 Å². The van der Waals surface area contributed by atoms with Crippen LogP contribution < -0.4 is 5.32 Å². The SMILES string of the molecule is C=C/C(=C\C(F)=C/C)C(C#N)Nc1ccc(C(C)(C)C)cc1. The van der Waals surface area contributed by atoms with E-state index >= 15 is 0 Å². The minimum atomic E-state index is -0.649. The molecule has 116 valence electrons. The van der Waals surface area contributed by atoms with Crippen LogP contribution in [-0.4, -0.2) is 6.04 Å². The molecule has 3 heteroatoms. The summed E-state index contributed by atoms with van der Waals surface area (Å²) in [6.45, 7) is 11.7. The maximum absolute atomic E-state index is 13.4. The molecular weight excluding hydrogens is 275 g/mol. The number of allylic oxidation sites excluding steroid dienone is 3. The number of nitrogens with zero attached hydrogens (tertiary/aromatic N) is 1. The van der Waals surface area contributed by atoms with Gasteiger partial charge in [-0.3, -0.25) is 0 Å². The van der Waals surface area contributed by atoms with E-state index in [4.69, 9.17) is 0 Å². The molecule has 0 bridgehead atoms. The summed E-state index contributed by atoms with van der Waals surface area (Å²) < 4.78 is 13.4. The van der Waals surface area contributed by atoms with Gasteiger partial charge in [-0.25, -0.2) is 4.39 Å². The Kier molecular flexibility index (Phi) is 6.12. The maximum atomic E-state index is 13.4. The zero-order chi connectivity index (χ0) is 16.8. The molecule has 0 aliphatic rings. The van der Waals surface area contributed by atoms with Crippen LogP contribution in [-0.2, 0) is 5.41 Å². The summed E-state index contributed by atoms with van der Waals surface area (Å²) in [6.07, 6.45) is 4.15. The monoisotopic (exact) mass is 298 g/mol. The fourth-order valence-corrected chi connectivity index (χ4v) is 1.93. The molecule has 0 radical (unpaired) electrons. The normalized spacial score (nSPS) is 14.2. The average Bonchev–Trinajstić information content (AvgIpc) is 2.49. The Labute approximate surface area is 132 Å². The first-order valence-electron chi connectivity index (χ1n) is 7.24. The zero-order valence-corrected chi connectivity index (χ0v) is 13.7. The topological polar surface area (TPSA) is 35.8 Å². The van der Waals surface area contributed by atoms with Crippen molar-refractivity contribution in [2.75, 3.05) is 5.32 Å². The van der Waals surface area contributed by atoms with E-state index in [1.54, 1.807) is 6.92 Å². The van der Waals surface area contributed by atoms with E-state index in [0.717, 1.165) is 5.69 Å². The first-order valence-corrected chi connectivity index (χ1v) is 7.24. The molecular formula is C19H23FN2. The van der Waals surface area contributed by atoms with Crippen molar-refractivity contribution in [2.45, 2.75) is 39.2 Å². The van der Waals surface area contributed by atoms with Crippen molar-refractivity contribution in [3.63, 3.8) is 0 Å². The molecule has 1 rings (SSSR count). The number of hydrogen-bond acceptors (Lipinski definition) is 2. The lowest BCUT2D eigenvalue weighted by Gasteiger charge is -2.20. The average molecular weight is 298 g/mol. The summed E-state index contributed by atoms with van der Waals surface area (Å²) in [5.41, 5.74) is 2.60. The Morgan fingerprint density at radius 2 is 1.91 bits per heavy atom. The first kappa shape index (κ1) is 17.7. The van der Waals surface area contributed by atoms with Crippen LogP contribution in [0, 0.1) is 11.3 Å². The summed E-state index contributed by atoms with van der Waals surface area (Å²) in [6, 6.07) is 9.40. The van der Waals surface area contributed by atoms with Gasteiger partial charge in [-0.05, 0) is 41.7 Å². The van der Waals surface area contributed by atoms with Crippen LogP contribution >= 0.6 is 0 Å². The molecule has 1 unspecified atom stereocenters. The number of nitriles is 1. The molecule has 1 N–H and O–H groups in total. The van der Waals surface area contributed by atoms with E-state index in [1.165, 1.54) is 23.8 Å². The fraction of sp³-hybridized carbons (Fsp3) is 0.316. The molecule has 0 aromatic heterocycles. The second-order valence-corrected chi connectivity index (χ2v) is 6.06. The summed E-state index contributed by atoms with van der Waals surface area (Å²) >= 11 is 0. The molecule has 0 saturated heterocycles. The third-order valence-electron chi connectivity index (χ3n) is 3.34. The van der Waals surface area contributed by atoms with Gasteiger partial charge in [0.05, 0.1) is 6.07 Å². The molecule has 1 aromatic rings. The zero-order valence-electron chi connectivity index (χ0n) is 13.7. The Bertz CT molecular complexity index is 610. The third kappa shape index (κ3) is 4.89. The van der Waals surface area contributed by atoms with E-state index < -0.39 is 6.04 Å². The van der Waals surface area contributed by atoms with Crippen LogP contribution in [0.4, 0.5) is 10.1 Å². The van der Waals surface area contributed by atoms with Crippen molar-refractivity contribution in [1.29, 1.82) is 5.26 Å². The van der Waals surface area contributed by atoms with Gasteiger partial charge in [0, 0.05) is 5.69 Å². The second kappa shape index (κ2) is 7.61. The highest BCUT2D eigenvalue weighted by atomic mass is 19.1. The molecule has 0 aliphatic carbocycles. The van der Waals surface area contributed by atoms with E-state index in [1.807, 2.05) is 24.3 Å². The number of nitrogens with one attached hydrogen (secondary N) is 1. The van der Waals surface area contributed by atoms with E-state index in [9.17, 15) is 9.65 Å². The number of anilines is 1. The van der Waals surface area contributed by atoms with Gasteiger partial charge in [0.15, 0.2) is 0 Å². The highest BCUT2D eigenvalue weighted by Gasteiger charge is 2.15. The minimum Gasteiger partial charge on any atom is -0.366 e. The van der Waals surface area contributed by atoms with Crippen molar-refractivity contribution in [1.82, 2.24) is 0 Å². The number of hydrogen-bond donors (Lipinski definition) is 1. The molecule has 0 saturated carbocycles. The van der Waals surface area contributed by atoms with Crippen molar-refractivity contribution >= 4 is 5.69 Å². The molecule has 0 fully saturated rings. The van der Waals surface area contributed by atoms with Gasteiger partial charge in [-0.15, -0.1) is 0 Å². The van der Waals surface area contributed by atoms with Crippen molar-refractivity contribution in [3.8, 4) is 6.07 Å². The van der Waals surface area contributed by atoms with Gasteiger partial charge in [0.1, 0.15) is 11.9 Å². The molecule has 1 aromatic carbocycles. The predicted octanol–water partition coefficient (Wildman–Crippen LogP) is 5.27. The van der Waals surface area contributed by atoms with Gasteiger partial charge >= 0.3 is 0 Å². The first-order chi connectivity index (χ1) is 10.3. The van der Waals surface area contributed by atoms with Crippen LogP contribution in [0.15, 0.2) is 60.5 Å². The van der Waals surface area contributed by atoms with Gasteiger partial charge in [0.25, 0.3) is 0 Å². The fourth-order valence-electron chi connectivity index (χ4n) is 1.93. The summed E-state index contributed by atoms with van der Waals surface area (Å²) in [5.74, 6) is -0.389. The van der Waals surface area contributed by atoms with Crippen molar-refractivity contribution in [2.24, 2.45) is 0 Å². The van der Waals surface area contributed by atoms with Crippen LogP contribution in [0.1, 0.15) is 33.3 Å². The van der Waals surface area contributed by atoms with E-state index in [2.05, 4.69) is 38.7 Å². The lowest BCUT2D eigenvalue weighted by molar-refractivity contribution is 0.590. The third-order valence-corrected chi connectivity index (χ3v) is 3.34. The van der Waals surface area contributed by atoms with E-state index in [-0.39, 0.29) is 11.2 Å². The molecule has 0 amide bonds. The molecule has 0 spiro atoms. The highest BCUT2D eigenvalue weighted by molar-refractivity contribution is 5.51.